The molecule has 0 saturated heterocycles. The number of carbonyl (C=O) groups is 1. The molecule has 0 aliphatic rings. The van der Waals surface area contributed by atoms with Crippen LogP contribution in [0.1, 0.15) is 18.9 Å². The lowest BCUT2D eigenvalue weighted by atomic mass is 9.98. The zero-order valence-electron chi connectivity index (χ0n) is 16.5. The molecule has 5 nitrogen and oxygen atoms in total. The molecular weight excluding hydrogens is 451 g/mol. The molecule has 0 aliphatic heterocycles. The van der Waals surface area contributed by atoms with Gasteiger partial charge in [0.05, 0.1) is 13.0 Å². The number of benzene rings is 2. The fourth-order valence-corrected chi connectivity index (χ4v) is 3.29. The Kier molecular flexibility index (Phi) is 7.54. The Hall–Kier alpha value is -2.77. The number of halogens is 2. The van der Waals surface area contributed by atoms with Crippen molar-refractivity contribution in [2.45, 2.75) is 25.8 Å². The van der Waals surface area contributed by atoms with E-state index in [0.717, 1.165) is 16.7 Å². The van der Waals surface area contributed by atoms with Crippen LogP contribution in [0.15, 0.2) is 65.3 Å². The lowest BCUT2D eigenvalue weighted by Gasteiger charge is -2.12. The van der Waals surface area contributed by atoms with E-state index in [-0.39, 0.29) is 24.3 Å². The maximum absolute atomic E-state index is 13.9. The van der Waals surface area contributed by atoms with Crippen molar-refractivity contribution >= 4 is 21.9 Å². The molecule has 0 spiro atoms. The van der Waals surface area contributed by atoms with Crippen LogP contribution >= 0.6 is 15.9 Å². The van der Waals surface area contributed by atoms with Crippen LogP contribution in [0.4, 0.5) is 4.39 Å². The third-order valence-corrected chi connectivity index (χ3v) is 4.77. The van der Waals surface area contributed by atoms with Gasteiger partial charge in [0, 0.05) is 16.7 Å². The Balaban J connectivity index is 1.67. The highest BCUT2D eigenvalue weighted by atomic mass is 79.9. The third-order valence-electron chi connectivity index (χ3n) is 4.34. The van der Waals surface area contributed by atoms with Gasteiger partial charge in [-0.15, -0.1) is 0 Å². The molecule has 0 aliphatic carbocycles. The predicted molar refractivity (Wildman–Crippen MR) is 117 cm³/mol. The van der Waals surface area contributed by atoms with E-state index < -0.39 is 5.82 Å². The second-order valence-corrected chi connectivity index (χ2v) is 7.66. The fourth-order valence-electron chi connectivity index (χ4n) is 2.99. The Morgan fingerprint density at radius 3 is 2.63 bits per heavy atom. The molecule has 156 valence electrons. The second-order valence-electron chi connectivity index (χ2n) is 6.74. The summed E-state index contributed by atoms with van der Waals surface area (Å²) >= 11 is 3.17. The summed E-state index contributed by atoms with van der Waals surface area (Å²) in [5.41, 5.74) is 9.11. The summed E-state index contributed by atoms with van der Waals surface area (Å²) in [6, 6.07) is 16.3. The highest BCUT2D eigenvalue weighted by Gasteiger charge is 2.12. The van der Waals surface area contributed by atoms with E-state index in [1.807, 2.05) is 36.4 Å². The number of carbonyl (C=O) groups excluding carboxylic acids is 1. The predicted octanol–water partition coefficient (Wildman–Crippen LogP) is 5.27. The van der Waals surface area contributed by atoms with E-state index in [1.54, 1.807) is 19.1 Å². The van der Waals surface area contributed by atoms with E-state index in [1.165, 1.54) is 12.3 Å². The van der Waals surface area contributed by atoms with Crippen LogP contribution in [0, 0.1) is 5.82 Å². The molecule has 3 rings (SSSR count). The minimum Gasteiger partial charge on any atom is -0.466 e. The van der Waals surface area contributed by atoms with Gasteiger partial charge in [0.1, 0.15) is 5.75 Å². The monoisotopic (exact) mass is 472 g/mol. The quantitative estimate of drug-likeness (QED) is 0.452. The zero-order valence-corrected chi connectivity index (χ0v) is 18.1. The van der Waals surface area contributed by atoms with Crippen molar-refractivity contribution in [2.75, 3.05) is 6.61 Å². The first kappa shape index (κ1) is 21.9. The van der Waals surface area contributed by atoms with Gasteiger partial charge in [0.25, 0.3) is 5.88 Å². The van der Waals surface area contributed by atoms with Gasteiger partial charge in [-0.1, -0.05) is 36.4 Å². The standard InChI is InChI=1S/C23H22BrFN2O3/c1-2-29-22(28)13-19(26)11-15-4-3-5-17(10-15)16-6-8-20(9-7-16)30-23-21(25)12-18(24)14-27-23/h3-10,12,14,19H,2,11,13,26H2,1H3. The summed E-state index contributed by atoms with van der Waals surface area (Å²) in [6.45, 7) is 2.13. The first-order chi connectivity index (χ1) is 14.4. The number of ether oxygens (including phenoxy) is 2. The van der Waals surface area contributed by atoms with E-state index in [9.17, 15) is 9.18 Å². The molecule has 1 atom stereocenters. The van der Waals surface area contributed by atoms with Gasteiger partial charge in [0.2, 0.25) is 0 Å². The molecule has 0 radical (unpaired) electrons. The van der Waals surface area contributed by atoms with Crippen LogP contribution in [-0.4, -0.2) is 23.6 Å². The lowest BCUT2D eigenvalue weighted by molar-refractivity contribution is -0.143. The van der Waals surface area contributed by atoms with Crippen LogP contribution in [-0.2, 0) is 16.0 Å². The highest BCUT2D eigenvalue weighted by molar-refractivity contribution is 9.10. The molecule has 0 fully saturated rings. The largest absolute Gasteiger partial charge is 0.466 e. The van der Waals surface area contributed by atoms with Gasteiger partial charge in [0.15, 0.2) is 5.82 Å². The average Bonchev–Trinajstić information content (AvgIpc) is 2.71. The van der Waals surface area contributed by atoms with Crippen molar-refractivity contribution < 1.29 is 18.7 Å². The van der Waals surface area contributed by atoms with E-state index in [4.69, 9.17) is 15.2 Å². The number of esters is 1. The molecule has 30 heavy (non-hydrogen) atoms. The number of nitrogens with two attached hydrogens (primary N) is 1. The van der Waals surface area contributed by atoms with Crippen molar-refractivity contribution in [3.05, 3.63) is 76.6 Å². The Morgan fingerprint density at radius 1 is 1.17 bits per heavy atom. The SMILES string of the molecule is CCOC(=O)CC(N)Cc1cccc(-c2ccc(Oc3ncc(Br)cc3F)cc2)c1. The van der Waals surface area contributed by atoms with E-state index in [2.05, 4.69) is 20.9 Å². The number of hydrogen-bond acceptors (Lipinski definition) is 5. The van der Waals surface area contributed by atoms with Gasteiger partial charge in [-0.05, 0) is 64.2 Å². The van der Waals surface area contributed by atoms with Gasteiger partial charge in [-0.2, -0.15) is 0 Å². The van der Waals surface area contributed by atoms with Crippen LogP contribution in [0.2, 0.25) is 0 Å². The summed E-state index contributed by atoms with van der Waals surface area (Å²) in [5, 5.41) is 0. The minimum atomic E-state index is -0.541. The molecule has 0 bridgehead atoms. The maximum Gasteiger partial charge on any atom is 0.307 e. The fraction of sp³-hybridized carbons (Fsp3) is 0.217. The Labute approximate surface area is 183 Å². The molecule has 0 amide bonds. The number of aromatic nitrogens is 1. The molecular formula is C23H22BrFN2O3. The Morgan fingerprint density at radius 2 is 1.93 bits per heavy atom. The minimum absolute atomic E-state index is 0.0801. The van der Waals surface area contributed by atoms with Gasteiger partial charge in [-0.3, -0.25) is 4.79 Å². The van der Waals surface area contributed by atoms with Crippen molar-refractivity contribution in [3.63, 3.8) is 0 Å². The van der Waals surface area contributed by atoms with Gasteiger partial charge in [-0.25, -0.2) is 9.37 Å². The molecule has 0 saturated carbocycles. The van der Waals surface area contributed by atoms with Gasteiger partial charge >= 0.3 is 5.97 Å². The number of pyridine rings is 1. The first-order valence-electron chi connectivity index (χ1n) is 9.54. The molecule has 2 N–H and O–H groups in total. The molecule has 1 unspecified atom stereocenters. The van der Waals surface area contributed by atoms with Crippen molar-refractivity contribution in [2.24, 2.45) is 5.73 Å². The molecule has 3 aromatic rings. The number of hydrogen-bond donors (Lipinski definition) is 1. The normalized spacial score (nSPS) is 11.7. The van der Waals surface area contributed by atoms with Gasteiger partial charge < -0.3 is 15.2 Å². The highest BCUT2D eigenvalue weighted by Crippen LogP contribution is 2.27. The topological polar surface area (TPSA) is 74.4 Å². The maximum atomic E-state index is 13.9. The molecule has 1 heterocycles. The summed E-state index contributed by atoms with van der Waals surface area (Å²) in [6.07, 6.45) is 2.23. The smallest absolute Gasteiger partial charge is 0.307 e. The summed E-state index contributed by atoms with van der Waals surface area (Å²) < 4.78 is 24.9. The summed E-state index contributed by atoms with van der Waals surface area (Å²) in [5.74, 6) is -0.419. The summed E-state index contributed by atoms with van der Waals surface area (Å²) in [4.78, 5) is 15.5. The third kappa shape index (κ3) is 6.11. The van der Waals surface area contributed by atoms with Crippen LogP contribution < -0.4 is 10.5 Å². The van der Waals surface area contributed by atoms with Crippen molar-refractivity contribution in [1.82, 2.24) is 4.98 Å². The van der Waals surface area contributed by atoms with Crippen LogP contribution in [0.3, 0.4) is 0 Å². The van der Waals surface area contributed by atoms with Crippen molar-refractivity contribution in [1.29, 1.82) is 0 Å². The number of nitrogens with zero attached hydrogens (tertiary/aromatic N) is 1. The van der Waals surface area contributed by atoms with Crippen LogP contribution in [0.25, 0.3) is 11.1 Å². The Bertz CT molecular complexity index is 1010. The van der Waals surface area contributed by atoms with Crippen molar-refractivity contribution in [3.8, 4) is 22.8 Å². The lowest BCUT2D eigenvalue weighted by Crippen LogP contribution is -2.27. The molecule has 1 aromatic heterocycles. The van der Waals surface area contributed by atoms with E-state index in [0.29, 0.717) is 23.2 Å². The second kappa shape index (κ2) is 10.3. The number of rotatable bonds is 8. The van der Waals surface area contributed by atoms with E-state index >= 15 is 0 Å². The first-order valence-corrected chi connectivity index (χ1v) is 10.3. The van der Waals surface area contributed by atoms with Crippen LogP contribution in [0.5, 0.6) is 11.6 Å². The zero-order chi connectivity index (χ0) is 21.5. The average molecular weight is 473 g/mol. The molecule has 7 heteroatoms. The summed E-state index contributed by atoms with van der Waals surface area (Å²) in [7, 11) is 0. The molecule has 2 aromatic carbocycles.